The minimum absolute atomic E-state index is 0.00175. The number of phenolic OH excluding ortho intramolecular Hbond substituents is 1. The second-order valence-corrected chi connectivity index (χ2v) is 13.0. The summed E-state index contributed by atoms with van der Waals surface area (Å²) < 4.78 is 43.0. The van der Waals surface area contributed by atoms with Gasteiger partial charge in [0.15, 0.2) is 11.5 Å². The molecule has 2 aromatic carbocycles. The molecule has 1 amide bonds. The summed E-state index contributed by atoms with van der Waals surface area (Å²) in [6.45, 7) is 8.18. The van der Waals surface area contributed by atoms with Crippen molar-refractivity contribution in [3.63, 3.8) is 0 Å². The molecule has 16 heteroatoms. The maximum atomic E-state index is 14.0. The molecule has 0 aliphatic carbocycles. The fourth-order valence-electron chi connectivity index (χ4n) is 4.37. The second-order valence-electron chi connectivity index (χ2n) is 10.3. The molecule has 0 unspecified atom stereocenters. The van der Waals surface area contributed by atoms with Crippen LogP contribution in [0.3, 0.4) is 0 Å². The lowest BCUT2D eigenvalue weighted by atomic mass is 10.1. The van der Waals surface area contributed by atoms with E-state index in [9.17, 15) is 28.8 Å². The molecule has 0 saturated heterocycles. The van der Waals surface area contributed by atoms with E-state index in [0.29, 0.717) is 0 Å². The van der Waals surface area contributed by atoms with Crippen molar-refractivity contribution in [3.8, 4) is 17.2 Å². The molecule has 3 rings (SSSR count). The quantitative estimate of drug-likeness (QED) is 0.0576. The van der Waals surface area contributed by atoms with Crippen molar-refractivity contribution in [3.05, 3.63) is 70.8 Å². The van der Waals surface area contributed by atoms with Crippen LogP contribution in [0.1, 0.15) is 63.7 Å². The number of benzene rings is 2. The number of phenols is 1. The third-order valence-electron chi connectivity index (χ3n) is 6.54. The first-order valence-corrected chi connectivity index (χ1v) is 16.5. The number of fused-ring (bicyclic) bond motifs is 2. The van der Waals surface area contributed by atoms with Gasteiger partial charge >= 0.3 is 15.6 Å². The molecule has 0 radical (unpaired) electrons. The van der Waals surface area contributed by atoms with E-state index in [1.54, 1.807) is 0 Å². The monoisotopic (exact) mass is 652 g/mol. The summed E-state index contributed by atoms with van der Waals surface area (Å²) >= 11 is 0. The lowest BCUT2D eigenvalue weighted by Crippen LogP contribution is -2.30. The van der Waals surface area contributed by atoms with E-state index in [4.69, 9.17) is 20.8 Å². The summed E-state index contributed by atoms with van der Waals surface area (Å²) in [5, 5.41) is 13.3. The zero-order valence-electron chi connectivity index (χ0n) is 24.9. The van der Waals surface area contributed by atoms with Gasteiger partial charge in [-0.05, 0) is 65.5 Å². The average Bonchev–Trinajstić information content (AvgIpc) is 3.05. The molecule has 1 aliphatic heterocycles. The summed E-state index contributed by atoms with van der Waals surface area (Å²) in [4.78, 5) is 34.3. The van der Waals surface area contributed by atoms with Crippen molar-refractivity contribution in [1.82, 2.24) is 0 Å². The standard InChI is InChI=1S/C28H38N4O10P2/c1-18(2)8-5-9-19(3)10-6-11-20(4)14-15-32-23-16-21(33)17-25(39-43(35,36)37)27(23)31-26-22(28(32)34)12-7-13-24(26)40-44(38,41-29)42-30/h7-8,10,12-14,16-17,31,33H,5-6,9,11,15,29-30H2,1-4H3,(H2,35,36,37)/b19-10+,20-14+. The van der Waals surface area contributed by atoms with Crippen LogP contribution in [0, 0.1) is 0 Å². The van der Waals surface area contributed by atoms with Crippen molar-refractivity contribution in [2.75, 3.05) is 16.8 Å². The molecule has 0 spiro atoms. The van der Waals surface area contributed by atoms with Crippen LogP contribution >= 0.6 is 15.6 Å². The van der Waals surface area contributed by atoms with Crippen LogP contribution in [0.2, 0.25) is 0 Å². The van der Waals surface area contributed by atoms with Crippen molar-refractivity contribution in [2.45, 2.75) is 53.4 Å². The predicted octanol–water partition coefficient (Wildman–Crippen LogP) is 6.25. The van der Waals surface area contributed by atoms with Crippen molar-refractivity contribution in [1.29, 1.82) is 0 Å². The fourth-order valence-corrected chi connectivity index (χ4v) is 5.30. The number of nitrogens with two attached hydrogens (primary N) is 2. The number of aromatic hydroxyl groups is 1. The molecule has 240 valence electrons. The highest BCUT2D eigenvalue weighted by Gasteiger charge is 2.35. The number of anilines is 3. The number of nitrogens with zero attached hydrogens (tertiary/aromatic N) is 1. The van der Waals surface area contributed by atoms with E-state index < -0.39 is 33.1 Å². The Kier molecular flexibility index (Phi) is 12.0. The number of allylic oxidation sites excluding steroid dienone is 5. The molecule has 8 N–H and O–H groups in total. The van der Waals surface area contributed by atoms with Crippen LogP contribution in [-0.2, 0) is 18.4 Å². The van der Waals surface area contributed by atoms with Gasteiger partial charge in [0.25, 0.3) is 5.91 Å². The number of amides is 1. The van der Waals surface area contributed by atoms with Crippen LogP contribution in [0.25, 0.3) is 0 Å². The van der Waals surface area contributed by atoms with Gasteiger partial charge < -0.3 is 24.4 Å². The summed E-state index contributed by atoms with van der Waals surface area (Å²) in [5.74, 6) is 8.29. The van der Waals surface area contributed by atoms with E-state index >= 15 is 0 Å². The minimum Gasteiger partial charge on any atom is -0.508 e. The molecule has 44 heavy (non-hydrogen) atoms. The highest BCUT2D eigenvalue weighted by molar-refractivity contribution is 7.48. The number of carbonyl (C=O) groups is 1. The molecule has 0 aromatic heterocycles. The number of phosphoric acid groups is 2. The van der Waals surface area contributed by atoms with Gasteiger partial charge in [0.2, 0.25) is 0 Å². The number of hydrogen-bond acceptors (Lipinski definition) is 11. The molecule has 0 atom stereocenters. The number of hydrogen-bond donors (Lipinski definition) is 6. The summed E-state index contributed by atoms with van der Waals surface area (Å²) in [6, 6.07) is 6.38. The second kappa shape index (κ2) is 15.0. The Balaban J connectivity index is 2.02. The summed E-state index contributed by atoms with van der Waals surface area (Å²) in [5.41, 5.74) is 3.39. The van der Waals surface area contributed by atoms with Crippen LogP contribution in [0.15, 0.2) is 65.3 Å². The Labute approximate surface area is 255 Å². The number of nitrogens with one attached hydrogen (secondary N) is 1. The lowest BCUT2D eigenvalue weighted by molar-refractivity contribution is 0.0990. The number of para-hydroxylation sites is 1. The molecule has 0 bridgehead atoms. The maximum absolute atomic E-state index is 14.0. The molecular weight excluding hydrogens is 614 g/mol. The third kappa shape index (κ3) is 9.52. The Morgan fingerprint density at radius 2 is 1.55 bits per heavy atom. The molecule has 14 nitrogen and oxygen atoms in total. The third-order valence-corrected chi connectivity index (χ3v) is 7.91. The van der Waals surface area contributed by atoms with E-state index in [0.717, 1.165) is 37.3 Å². The first kappa shape index (κ1) is 35.0. The molecule has 2 aromatic rings. The van der Waals surface area contributed by atoms with Gasteiger partial charge in [-0.2, -0.15) is 9.25 Å². The van der Waals surface area contributed by atoms with E-state index in [2.05, 4.69) is 47.5 Å². The fraction of sp³-hybridized carbons (Fsp3) is 0.321. The first-order chi connectivity index (χ1) is 20.7. The van der Waals surface area contributed by atoms with Crippen molar-refractivity contribution < 1.29 is 47.1 Å². The highest BCUT2D eigenvalue weighted by Crippen LogP contribution is 2.53. The van der Waals surface area contributed by atoms with Gasteiger partial charge in [-0.1, -0.05) is 41.0 Å². The molecular formula is C28H38N4O10P2. The SMILES string of the molecule is CC(C)=CCC/C(C)=C/CC/C(C)=C/CN1C(=O)c2cccc(OP(=O)(ON)ON)c2Nc2c(OP(=O)(O)O)cc(O)cc21. The van der Waals surface area contributed by atoms with Crippen LogP contribution in [0.5, 0.6) is 17.2 Å². The van der Waals surface area contributed by atoms with Gasteiger partial charge in [-0.3, -0.25) is 14.6 Å². The van der Waals surface area contributed by atoms with Crippen molar-refractivity contribution in [2.24, 2.45) is 11.8 Å². The van der Waals surface area contributed by atoms with E-state index in [1.165, 1.54) is 40.3 Å². The normalized spacial score (nSPS) is 13.9. The Bertz CT molecular complexity index is 1560. The van der Waals surface area contributed by atoms with Gasteiger partial charge in [0.1, 0.15) is 11.4 Å². The van der Waals surface area contributed by atoms with Crippen LogP contribution < -0.4 is 31.1 Å². The molecule has 0 fully saturated rings. The van der Waals surface area contributed by atoms with Gasteiger partial charge in [0.05, 0.1) is 16.9 Å². The van der Waals surface area contributed by atoms with E-state index in [-0.39, 0.29) is 34.9 Å². The van der Waals surface area contributed by atoms with Crippen LogP contribution in [0.4, 0.5) is 17.1 Å². The number of phosphoric ester groups is 1. The Hall–Kier alpha value is -3.45. The Morgan fingerprint density at radius 1 is 0.909 bits per heavy atom. The summed E-state index contributed by atoms with van der Waals surface area (Å²) in [7, 11) is -9.64. The van der Waals surface area contributed by atoms with E-state index in [1.807, 2.05) is 13.0 Å². The smallest absolute Gasteiger partial charge is 0.508 e. The van der Waals surface area contributed by atoms with Crippen molar-refractivity contribution >= 4 is 38.6 Å². The zero-order chi connectivity index (χ0) is 32.7. The number of rotatable bonds is 14. The average molecular weight is 653 g/mol. The first-order valence-electron chi connectivity index (χ1n) is 13.5. The molecule has 0 saturated carbocycles. The Morgan fingerprint density at radius 3 is 2.16 bits per heavy atom. The maximum Gasteiger partial charge on any atom is 0.563 e. The largest absolute Gasteiger partial charge is 0.563 e. The molecule has 1 heterocycles. The molecule has 1 aliphatic rings. The van der Waals surface area contributed by atoms with Gasteiger partial charge in [-0.25, -0.2) is 20.9 Å². The topological polar surface area (TPSA) is 216 Å². The van der Waals surface area contributed by atoms with Gasteiger partial charge in [0, 0.05) is 18.7 Å². The zero-order valence-corrected chi connectivity index (χ0v) is 26.6. The van der Waals surface area contributed by atoms with Crippen LogP contribution in [-0.4, -0.2) is 27.3 Å². The highest BCUT2D eigenvalue weighted by atomic mass is 31.2. The number of carbonyl (C=O) groups excluding carboxylic acids is 1. The lowest BCUT2D eigenvalue weighted by Gasteiger charge is -2.23. The summed E-state index contributed by atoms with van der Waals surface area (Å²) in [6.07, 6.45) is 9.69. The predicted molar refractivity (Wildman–Crippen MR) is 166 cm³/mol. The minimum atomic E-state index is -5.13. The van der Waals surface area contributed by atoms with Gasteiger partial charge in [-0.15, -0.1) is 0 Å².